The van der Waals surface area contributed by atoms with Crippen LogP contribution >= 0.6 is 0 Å². The average Bonchev–Trinajstić information content (AvgIpc) is 2.47. The largest absolute Gasteiger partial charge is 0.491 e. The lowest BCUT2D eigenvalue weighted by Crippen LogP contribution is -2.37. The van der Waals surface area contributed by atoms with Crippen molar-refractivity contribution in [1.82, 2.24) is 5.32 Å². The Morgan fingerprint density at radius 2 is 2.10 bits per heavy atom. The van der Waals surface area contributed by atoms with E-state index in [1.807, 2.05) is 13.0 Å². The number of rotatable bonds is 5. The quantitative estimate of drug-likeness (QED) is 0.869. The van der Waals surface area contributed by atoms with Gasteiger partial charge in [0, 0.05) is 12.1 Å². The minimum atomic E-state index is -0.708. The molecule has 1 aliphatic rings. The molecular weight excluding hydrogens is 254 g/mol. The van der Waals surface area contributed by atoms with Crippen LogP contribution in [-0.4, -0.2) is 29.8 Å². The molecule has 4 nitrogen and oxygen atoms in total. The lowest BCUT2D eigenvalue weighted by molar-refractivity contribution is -0.0339. The molecule has 0 atom stereocenters. The van der Waals surface area contributed by atoms with Gasteiger partial charge in [-0.15, -0.1) is 0 Å². The summed E-state index contributed by atoms with van der Waals surface area (Å²) < 4.78 is 5.69. The van der Waals surface area contributed by atoms with Gasteiger partial charge in [-0.3, -0.25) is 4.79 Å². The number of aliphatic hydroxyl groups is 1. The number of ether oxygens (including phenoxy) is 1. The number of nitrogens with one attached hydrogen (secondary N) is 1. The van der Waals surface area contributed by atoms with Crippen molar-refractivity contribution in [3.8, 4) is 5.75 Å². The van der Waals surface area contributed by atoms with Gasteiger partial charge in [-0.2, -0.15) is 0 Å². The summed E-state index contributed by atoms with van der Waals surface area (Å²) in [5.74, 6) is 0.530. The first-order chi connectivity index (χ1) is 9.63. The predicted molar refractivity (Wildman–Crippen MR) is 78.0 cm³/mol. The molecule has 1 aromatic carbocycles. The molecule has 1 aliphatic carbocycles. The lowest BCUT2D eigenvalue weighted by atomic mass is 9.85. The highest BCUT2D eigenvalue weighted by Crippen LogP contribution is 2.28. The molecule has 0 bridgehead atoms. The molecule has 0 aromatic heterocycles. The van der Waals surface area contributed by atoms with E-state index in [0.29, 0.717) is 24.5 Å². The van der Waals surface area contributed by atoms with Crippen LogP contribution in [0.2, 0.25) is 0 Å². The zero-order valence-corrected chi connectivity index (χ0v) is 12.0. The molecule has 1 amide bonds. The molecular formula is C16H23NO3. The van der Waals surface area contributed by atoms with Gasteiger partial charge in [0.2, 0.25) is 0 Å². The van der Waals surface area contributed by atoms with E-state index in [1.165, 1.54) is 6.42 Å². The van der Waals surface area contributed by atoms with E-state index in [2.05, 4.69) is 5.32 Å². The first-order valence-corrected chi connectivity index (χ1v) is 7.36. The van der Waals surface area contributed by atoms with Crippen molar-refractivity contribution in [2.24, 2.45) is 0 Å². The van der Waals surface area contributed by atoms with Crippen molar-refractivity contribution in [3.05, 3.63) is 29.8 Å². The summed E-state index contributed by atoms with van der Waals surface area (Å²) in [6.07, 6.45) is 4.89. The van der Waals surface area contributed by atoms with Crippen LogP contribution in [0.15, 0.2) is 24.3 Å². The molecule has 1 fully saturated rings. The summed E-state index contributed by atoms with van der Waals surface area (Å²) >= 11 is 0. The first kappa shape index (κ1) is 14.9. The average molecular weight is 277 g/mol. The molecule has 1 saturated carbocycles. The van der Waals surface area contributed by atoms with E-state index in [-0.39, 0.29) is 5.91 Å². The zero-order chi connectivity index (χ0) is 14.4. The topological polar surface area (TPSA) is 58.6 Å². The fourth-order valence-corrected chi connectivity index (χ4v) is 2.56. The third-order valence-corrected chi connectivity index (χ3v) is 3.73. The molecule has 0 spiro atoms. The number of hydrogen-bond acceptors (Lipinski definition) is 3. The maximum atomic E-state index is 11.7. The molecule has 4 heteroatoms. The molecule has 1 aromatic rings. The van der Waals surface area contributed by atoms with E-state index in [9.17, 15) is 9.90 Å². The van der Waals surface area contributed by atoms with Crippen molar-refractivity contribution >= 4 is 5.91 Å². The third-order valence-electron chi connectivity index (χ3n) is 3.73. The second-order valence-corrected chi connectivity index (χ2v) is 5.46. The Labute approximate surface area is 120 Å². The van der Waals surface area contributed by atoms with E-state index >= 15 is 0 Å². The Hall–Kier alpha value is -1.55. The number of carbonyl (C=O) groups excluding carboxylic acids is 1. The molecule has 0 aliphatic heterocycles. The highest BCUT2D eigenvalue weighted by molar-refractivity contribution is 5.94. The Morgan fingerprint density at radius 3 is 2.80 bits per heavy atom. The SMILES string of the molecule is CCNC(=O)c1cccc(OCC2(O)CCCCC2)c1. The van der Waals surface area contributed by atoms with Crippen LogP contribution in [0.3, 0.4) is 0 Å². The van der Waals surface area contributed by atoms with Crippen LogP contribution in [-0.2, 0) is 0 Å². The maximum absolute atomic E-state index is 11.7. The van der Waals surface area contributed by atoms with E-state index in [1.54, 1.807) is 18.2 Å². The number of benzene rings is 1. The molecule has 0 saturated heterocycles. The smallest absolute Gasteiger partial charge is 0.251 e. The van der Waals surface area contributed by atoms with Crippen LogP contribution < -0.4 is 10.1 Å². The van der Waals surface area contributed by atoms with Gasteiger partial charge in [0.05, 0.1) is 5.60 Å². The number of carbonyl (C=O) groups is 1. The molecule has 0 unspecified atom stereocenters. The molecule has 0 heterocycles. The van der Waals surface area contributed by atoms with Gasteiger partial charge in [0.15, 0.2) is 0 Å². The van der Waals surface area contributed by atoms with Gasteiger partial charge in [0.1, 0.15) is 12.4 Å². The number of hydrogen-bond donors (Lipinski definition) is 2. The zero-order valence-electron chi connectivity index (χ0n) is 12.0. The lowest BCUT2D eigenvalue weighted by Gasteiger charge is -2.31. The summed E-state index contributed by atoms with van der Waals surface area (Å²) in [5, 5.41) is 13.1. The van der Waals surface area contributed by atoms with E-state index < -0.39 is 5.60 Å². The maximum Gasteiger partial charge on any atom is 0.251 e. The van der Waals surface area contributed by atoms with Crippen molar-refractivity contribution in [3.63, 3.8) is 0 Å². The normalized spacial score (nSPS) is 17.5. The molecule has 20 heavy (non-hydrogen) atoms. The molecule has 110 valence electrons. The Bertz CT molecular complexity index is 453. The minimum absolute atomic E-state index is 0.102. The highest BCUT2D eigenvalue weighted by Gasteiger charge is 2.29. The Balaban J connectivity index is 1.95. The third kappa shape index (κ3) is 3.97. The van der Waals surface area contributed by atoms with Crippen LogP contribution in [0.25, 0.3) is 0 Å². The summed E-state index contributed by atoms with van der Waals surface area (Å²) in [7, 11) is 0. The van der Waals surface area contributed by atoms with E-state index in [0.717, 1.165) is 25.7 Å². The highest BCUT2D eigenvalue weighted by atomic mass is 16.5. The van der Waals surface area contributed by atoms with Gasteiger partial charge in [0.25, 0.3) is 5.91 Å². The van der Waals surface area contributed by atoms with Crippen molar-refractivity contribution in [2.45, 2.75) is 44.6 Å². The minimum Gasteiger partial charge on any atom is -0.491 e. The second kappa shape index (κ2) is 6.75. The van der Waals surface area contributed by atoms with Gasteiger partial charge in [-0.05, 0) is 38.0 Å². The number of amides is 1. The fraction of sp³-hybridized carbons (Fsp3) is 0.562. The summed E-state index contributed by atoms with van der Waals surface area (Å²) in [6, 6.07) is 7.09. The molecule has 0 radical (unpaired) electrons. The summed E-state index contributed by atoms with van der Waals surface area (Å²) in [6.45, 7) is 2.78. The van der Waals surface area contributed by atoms with Crippen LogP contribution in [0.4, 0.5) is 0 Å². The fourth-order valence-electron chi connectivity index (χ4n) is 2.56. The van der Waals surface area contributed by atoms with Crippen molar-refractivity contribution in [2.75, 3.05) is 13.2 Å². The van der Waals surface area contributed by atoms with Gasteiger partial charge >= 0.3 is 0 Å². The van der Waals surface area contributed by atoms with Crippen molar-refractivity contribution < 1.29 is 14.6 Å². The van der Waals surface area contributed by atoms with E-state index in [4.69, 9.17) is 4.74 Å². The van der Waals surface area contributed by atoms with Gasteiger partial charge in [-0.25, -0.2) is 0 Å². The first-order valence-electron chi connectivity index (χ1n) is 7.36. The van der Waals surface area contributed by atoms with Crippen LogP contribution in [0.1, 0.15) is 49.4 Å². The monoisotopic (exact) mass is 277 g/mol. The molecule has 2 rings (SSSR count). The predicted octanol–water partition coefficient (Wildman–Crippen LogP) is 2.51. The summed E-state index contributed by atoms with van der Waals surface area (Å²) in [5.41, 5.74) is -0.125. The van der Waals surface area contributed by atoms with Gasteiger partial charge in [-0.1, -0.05) is 25.3 Å². The Morgan fingerprint density at radius 1 is 1.35 bits per heavy atom. The van der Waals surface area contributed by atoms with Gasteiger partial charge < -0.3 is 15.2 Å². The van der Waals surface area contributed by atoms with Crippen molar-refractivity contribution in [1.29, 1.82) is 0 Å². The van der Waals surface area contributed by atoms with Crippen LogP contribution in [0.5, 0.6) is 5.75 Å². The van der Waals surface area contributed by atoms with Crippen LogP contribution in [0, 0.1) is 0 Å². The molecule has 2 N–H and O–H groups in total. The second-order valence-electron chi connectivity index (χ2n) is 5.46. The summed E-state index contributed by atoms with van der Waals surface area (Å²) in [4.78, 5) is 11.7. The Kier molecular flexibility index (Phi) is 5.01. The standard InChI is InChI=1S/C16H23NO3/c1-2-17-15(18)13-7-6-8-14(11-13)20-12-16(19)9-4-3-5-10-16/h6-8,11,19H,2-5,9-10,12H2,1H3,(H,17,18).